The number of phenolic OH excluding ortho intramolecular Hbond substituents is 1. The van der Waals surface area contributed by atoms with Gasteiger partial charge in [0.2, 0.25) is 11.8 Å². The van der Waals surface area contributed by atoms with Crippen LogP contribution in [-0.4, -0.2) is 60.8 Å². The average molecular weight is 680 g/mol. The summed E-state index contributed by atoms with van der Waals surface area (Å²) in [5, 5.41) is 11.9. The number of fused-ring (bicyclic) bond motifs is 4. The number of carbonyl (C=O) groups is 4. The maximum Gasteiger partial charge on any atom is 0.254 e. The van der Waals surface area contributed by atoms with E-state index >= 15 is 0 Å². The number of hydrogen-bond acceptors (Lipinski definition) is 7. The van der Waals surface area contributed by atoms with Crippen LogP contribution < -0.4 is 4.74 Å². The van der Waals surface area contributed by atoms with Crippen molar-refractivity contribution in [3.8, 4) is 11.5 Å². The number of allylic oxidation sites excluding steroid dienone is 3. The summed E-state index contributed by atoms with van der Waals surface area (Å²) in [7, 11) is 1.44. The first-order valence-corrected chi connectivity index (χ1v) is 15.8. The molecule has 8 nitrogen and oxygen atoms in total. The van der Waals surface area contributed by atoms with E-state index in [-0.39, 0.29) is 41.7 Å². The van der Waals surface area contributed by atoms with Gasteiger partial charge in [-0.25, -0.2) is 0 Å². The molecule has 0 spiro atoms. The van der Waals surface area contributed by atoms with Crippen molar-refractivity contribution in [3.05, 3.63) is 63.9 Å². The molecule has 4 aliphatic rings. The van der Waals surface area contributed by atoms with Crippen LogP contribution in [-0.2, 0) is 25.7 Å². The Morgan fingerprint density at radius 3 is 2.59 bits per heavy atom. The predicted octanol–water partition coefficient (Wildman–Crippen LogP) is 4.92. The first-order chi connectivity index (χ1) is 19.6. The number of hydrogen-bond donors (Lipinski definition) is 1. The number of amides is 4. The summed E-state index contributed by atoms with van der Waals surface area (Å²) in [6.07, 6.45) is 5.60. The Hall–Kier alpha value is -2.66. The molecule has 41 heavy (non-hydrogen) atoms. The number of likely N-dealkylation sites (tertiary alicyclic amines) is 2. The fraction of sp³-hybridized carbons (Fsp3) is 0.379. The minimum Gasteiger partial charge on any atom is -0.504 e. The molecule has 2 saturated heterocycles. The van der Waals surface area contributed by atoms with Gasteiger partial charge >= 0.3 is 0 Å². The SMILES string of the molecule is COc1cc(C=CC2C3=CCC4C(=O)N(Cc5cccs5)C(=O)C4C3CC3(Cl)C(=O)N(CBr)C(=O)C23Cl)ccc1O. The highest BCUT2D eigenvalue weighted by Gasteiger charge is 2.75. The van der Waals surface area contributed by atoms with Crippen LogP contribution in [0.2, 0.25) is 0 Å². The van der Waals surface area contributed by atoms with Crippen LogP contribution in [0.3, 0.4) is 0 Å². The molecule has 2 aliphatic heterocycles. The lowest BCUT2D eigenvalue weighted by Crippen LogP contribution is -2.60. The van der Waals surface area contributed by atoms with Gasteiger partial charge in [0.15, 0.2) is 21.2 Å². The highest BCUT2D eigenvalue weighted by atomic mass is 79.9. The van der Waals surface area contributed by atoms with E-state index in [0.29, 0.717) is 12.0 Å². The summed E-state index contributed by atoms with van der Waals surface area (Å²) in [6.45, 7) is 0.191. The number of rotatable bonds is 6. The normalized spacial score (nSPS) is 32.8. The predicted molar refractivity (Wildman–Crippen MR) is 158 cm³/mol. The summed E-state index contributed by atoms with van der Waals surface area (Å²) in [6, 6.07) is 8.53. The molecule has 6 rings (SSSR count). The molecular formula is C29H25BrCl2N2O6S. The van der Waals surface area contributed by atoms with Crippen molar-refractivity contribution in [2.75, 3.05) is 12.6 Å². The highest BCUT2D eigenvalue weighted by Crippen LogP contribution is 2.63. The van der Waals surface area contributed by atoms with Gasteiger partial charge in [0.05, 0.1) is 30.9 Å². The number of halogens is 3. The third-order valence-electron chi connectivity index (χ3n) is 8.74. The second kappa shape index (κ2) is 10.3. The molecule has 1 N–H and O–H groups in total. The molecule has 214 valence electrons. The third kappa shape index (κ3) is 4.05. The minimum absolute atomic E-state index is 0.0296. The zero-order valence-electron chi connectivity index (χ0n) is 21.8. The Kier molecular flexibility index (Phi) is 7.12. The van der Waals surface area contributed by atoms with Crippen LogP contribution in [0.25, 0.3) is 6.08 Å². The van der Waals surface area contributed by atoms with Gasteiger partial charge in [-0.15, -0.1) is 34.5 Å². The molecule has 6 atom stereocenters. The van der Waals surface area contributed by atoms with Crippen LogP contribution in [0.15, 0.2) is 53.4 Å². The second-order valence-electron chi connectivity index (χ2n) is 10.7. The number of nitrogens with zero attached hydrogens (tertiary/aromatic N) is 2. The quantitative estimate of drug-likeness (QED) is 0.201. The summed E-state index contributed by atoms with van der Waals surface area (Å²) in [5.74, 6) is -4.28. The van der Waals surface area contributed by atoms with E-state index in [1.54, 1.807) is 24.3 Å². The summed E-state index contributed by atoms with van der Waals surface area (Å²) in [5.41, 5.74) is 1.29. The Bertz CT molecular complexity index is 1530. The second-order valence-corrected chi connectivity index (χ2v) is 13.4. The van der Waals surface area contributed by atoms with Crippen molar-refractivity contribution in [1.82, 2.24) is 9.80 Å². The first-order valence-electron chi connectivity index (χ1n) is 13.0. The Labute approximate surface area is 258 Å². The van der Waals surface area contributed by atoms with E-state index in [1.807, 2.05) is 23.6 Å². The monoisotopic (exact) mass is 678 g/mol. The Morgan fingerprint density at radius 2 is 1.90 bits per heavy atom. The molecule has 2 aromatic rings. The number of methoxy groups -OCH3 is 1. The zero-order chi connectivity index (χ0) is 29.3. The van der Waals surface area contributed by atoms with E-state index in [1.165, 1.54) is 29.4 Å². The molecule has 1 aromatic carbocycles. The van der Waals surface area contributed by atoms with Crippen molar-refractivity contribution in [2.45, 2.75) is 29.1 Å². The van der Waals surface area contributed by atoms with Crippen molar-refractivity contribution < 1.29 is 29.0 Å². The van der Waals surface area contributed by atoms with Crippen LogP contribution in [0, 0.1) is 23.7 Å². The number of ether oxygens (including phenoxy) is 1. The lowest BCUT2D eigenvalue weighted by molar-refractivity contribution is -0.141. The van der Waals surface area contributed by atoms with Crippen molar-refractivity contribution >= 4 is 80.2 Å². The zero-order valence-corrected chi connectivity index (χ0v) is 25.7. The van der Waals surface area contributed by atoms with Gasteiger partial charge in [0.25, 0.3) is 11.8 Å². The van der Waals surface area contributed by atoms with Crippen LogP contribution >= 0.6 is 50.5 Å². The van der Waals surface area contributed by atoms with Crippen LogP contribution in [0.4, 0.5) is 0 Å². The lowest BCUT2D eigenvalue weighted by atomic mass is 9.57. The number of benzene rings is 1. The third-order valence-corrected chi connectivity index (χ3v) is 11.5. The summed E-state index contributed by atoms with van der Waals surface area (Å²) < 4.78 is 5.22. The van der Waals surface area contributed by atoms with Gasteiger partial charge in [-0.3, -0.25) is 29.0 Å². The van der Waals surface area contributed by atoms with Gasteiger partial charge in [0.1, 0.15) is 0 Å². The standard InChI is InChI=1S/C29H25BrCl2N2O6S/c1-40-22-11-15(5-9-21(22)35)4-8-20-17-6-7-18-23(25(37)33(24(18)36)13-16-3-2-10-41-16)19(17)12-28(31)26(38)34(14-30)27(39)29(20,28)32/h2-6,8-11,18-20,23,35H,7,12-14H2,1H3. The van der Waals surface area contributed by atoms with Gasteiger partial charge in [0, 0.05) is 10.8 Å². The molecule has 12 heteroatoms. The highest BCUT2D eigenvalue weighted by molar-refractivity contribution is 9.09. The molecule has 3 heterocycles. The number of alkyl halides is 3. The van der Waals surface area contributed by atoms with Gasteiger partial charge < -0.3 is 9.84 Å². The van der Waals surface area contributed by atoms with E-state index in [9.17, 15) is 24.3 Å². The molecule has 4 amide bonds. The Morgan fingerprint density at radius 1 is 1.12 bits per heavy atom. The van der Waals surface area contributed by atoms with E-state index < -0.39 is 45.2 Å². The molecule has 3 fully saturated rings. The fourth-order valence-electron chi connectivity index (χ4n) is 6.79. The molecule has 0 bridgehead atoms. The first kappa shape index (κ1) is 28.5. The van der Waals surface area contributed by atoms with Crippen LogP contribution in [0.1, 0.15) is 23.3 Å². The van der Waals surface area contributed by atoms with E-state index in [0.717, 1.165) is 15.4 Å². The molecular weight excluding hydrogens is 655 g/mol. The average Bonchev–Trinajstić information content (AvgIpc) is 3.60. The fourth-order valence-corrected chi connectivity index (χ4v) is 8.86. The molecule has 1 saturated carbocycles. The molecule has 0 radical (unpaired) electrons. The number of aromatic hydroxyl groups is 1. The number of imide groups is 2. The van der Waals surface area contributed by atoms with Crippen molar-refractivity contribution in [1.29, 1.82) is 0 Å². The largest absolute Gasteiger partial charge is 0.504 e. The Balaban J connectivity index is 1.44. The topological polar surface area (TPSA) is 104 Å². The van der Waals surface area contributed by atoms with E-state index in [2.05, 4.69) is 15.9 Å². The smallest absolute Gasteiger partial charge is 0.254 e. The minimum atomic E-state index is -1.85. The van der Waals surface area contributed by atoms with Gasteiger partial charge in [-0.05, 0) is 47.9 Å². The van der Waals surface area contributed by atoms with Gasteiger partial charge in [-0.1, -0.05) is 51.9 Å². The van der Waals surface area contributed by atoms with Crippen molar-refractivity contribution in [3.63, 3.8) is 0 Å². The summed E-state index contributed by atoms with van der Waals surface area (Å²) >= 11 is 19.0. The van der Waals surface area contributed by atoms with Crippen LogP contribution in [0.5, 0.6) is 11.5 Å². The molecule has 2 aliphatic carbocycles. The maximum absolute atomic E-state index is 13.8. The molecule has 6 unspecified atom stereocenters. The van der Waals surface area contributed by atoms with Gasteiger partial charge in [-0.2, -0.15) is 0 Å². The summed E-state index contributed by atoms with van der Waals surface area (Å²) in [4.78, 5) is 54.2. The number of carbonyl (C=O) groups excluding carboxylic acids is 4. The number of phenols is 1. The number of thiophene rings is 1. The van der Waals surface area contributed by atoms with E-state index in [4.69, 9.17) is 27.9 Å². The maximum atomic E-state index is 13.8. The lowest BCUT2D eigenvalue weighted by Gasteiger charge is -2.49. The van der Waals surface area contributed by atoms with Crippen molar-refractivity contribution in [2.24, 2.45) is 23.7 Å². The molecule has 1 aromatic heterocycles.